The summed E-state index contributed by atoms with van der Waals surface area (Å²) in [6.45, 7) is 11.4. The van der Waals surface area contributed by atoms with Crippen LogP contribution >= 0.6 is 0 Å². The quantitative estimate of drug-likeness (QED) is 0.642. The summed E-state index contributed by atoms with van der Waals surface area (Å²) in [6.07, 6.45) is -0.113. The van der Waals surface area contributed by atoms with Crippen LogP contribution < -0.4 is 0 Å². The van der Waals surface area contributed by atoms with Crippen LogP contribution in [0.25, 0.3) is 0 Å². The maximum Gasteiger partial charge on any atom is 0.402 e. The summed E-state index contributed by atoms with van der Waals surface area (Å²) in [6, 6.07) is 0.291. The Hall–Kier alpha value is -0.513. The lowest BCUT2D eigenvalue weighted by atomic mass is 10.1. The number of ether oxygens (including phenoxy) is 1. The average Bonchev–Trinajstić information content (AvgIpc) is 2.28. The van der Waals surface area contributed by atoms with Crippen molar-refractivity contribution < 1.29 is 9.53 Å². The third-order valence-corrected chi connectivity index (χ3v) is 4.36. The normalized spacial score (nSPS) is 24.0. The summed E-state index contributed by atoms with van der Waals surface area (Å²) >= 11 is 0. The van der Waals surface area contributed by atoms with Crippen LogP contribution in [0.4, 0.5) is 4.79 Å². The number of rotatable bonds is 2. The van der Waals surface area contributed by atoms with Gasteiger partial charge in [0.2, 0.25) is 0 Å². The van der Waals surface area contributed by atoms with E-state index in [4.69, 9.17) is 4.74 Å². The molecule has 3 nitrogen and oxygen atoms in total. The number of carbonyl (C=O) groups excluding carboxylic acids is 1. The predicted octanol–water partition coefficient (Wildman–Crippen LogP) is 2.30. The highest BCUT2D eigenvalue weighted by molar-refractivity contribution is 6.75. The van der Waals surface area contributed by atoms with Gasteiger partial charge in [-0.2, -0.15) is 0 Å². The Bertz CT molecular complexity index is 210. The number of hydrogen-bond acceptors (Lipinski definition) is 2. The Labute approximate surface area is 81.1 Å². The number of amides is 1. The Kier molecular flexibility index (Phi) is 2.70. The van der Waals surface area contributed by atoms with Crippen LogP contribution in [-0.4, -0.2) is 31.5 Å². The van der Waals surface area contributed by atoms with E-state index in [0.29, 0.717) is 18.6 Å². The summed E-state index contributed by atoms with van der Waals surface area (Å²) in [5.74, 6) is 0.484. The lowest BCUT2D eigenvalue weighted by Crippen LogP contribution is -2.52. The van der Waals surface area contributed by atoms with Crippen LogP contribution in [0.5, 0.6) is 0 Å². The second-order valence-electron chi connectivity index (χ2n) is 4.93. The fourth-order valence-electron chi connectivity index (χ4n) is 1.70. The van der Waals surface area contributed by atoms with Gasteiger partial charge in [-0.05, 0) is 5.92 Å². The Balaban J connectivity index is 2.84. The van der Waals surface area contributed by atoms with Crippen molar-refractivity contribution in [3.63, 3.8) is 0 Å². The molecule has 0 N–H and O–H groups in total. The van der Waals surface area contributed by atoms with Crippen LogP contribution in [0, 0.1) is 5.92 Å². The van der Waals surface area contributed by atoms with E-state index in [1.54, 1.807) is 0 Å². The smallest absolute Gasteiger partial charge is 0.402 e. The lowest BCUT2D eigenvalue weighted by molar-refractivity contribution is 0.169. The molecule has 76 valence electrons. The second kappa shape index (κ2) is 3.33. The van der Waals surface area contributed by atoms with Crippen LogP contribution in [0.3, 0.4) is 0 Å². The zero-order chi connectivity index (χ0) is 10.2. The molecule has 1 rings (SSSR count). The Morgan fingerprint density at radius 2 is 2.00 bits per heavy atom. The number of cyclic esters (lactones) is 1. The molecule has 4 heteroatoms. The van der Waals surface area contributed by atoms with Crippen molar-refractivity contribution in [2.75, 3.05) is 6.61 Å². The highest BCUT2D eigenvalue weighted by Crippen LogP contribution is 2.25. The van der Waals surface area contributed by atoms with E-state index >= 15 is 0 Å². The number of hydrogen-bond donors (Lipinski definition) is 0. The van der Waals surface area contributed by atoms with Crippen molar-refractivity contribution in [3.05, 3.63) is 0 Å². The van der Waals surface area contributed by atoms with Gasteiger partial charge in [0.15, 0.2) is 8.24 Å². The summed E-state index contributed by atoms with van der Waals surface area (Å²) < 4.78 is 7.07. The van der Waals surface area contributed by atoms with Crippen molar-refractivity contribution in [2.24, 2.45) is 5.92 Å². The molecule has 1 aliphatic rings. The van der Waals surface area contributed by atoms with Crippen molar-refractivity contribution in [1.82, 2.24) is 4.57 Å². The molecule has 0 saturated carbocycles. The molecule has 13 heavy (non-hydrogen) atoms. The van der Waals surface area contributed by atoms with Crippen molar-refractivity contribution in [2.45, 2.75) is 39.5 Å². The molecule has 0 unspecified atom stereocenters. The number of carbonyl (C=O) groups is 1. The molecule has 0 aromatic heterocycles. The monoisotopic (exact) mass is 201 g/mol. The van der Waals surface area contributed by atoms with E-state index in [9.17, 15) is 4.79 Å². The van der Waals surface area contributed by atoms with Gasteiger partial charge >= 0.3 is 6.09 Å². The minimum Gasteiger partial charge on any atom is -0.448 e. The van der Waals surface area contributed by atoms with Crippen LogP contribution in [0.15, 0.2) is 0 Å². The minimum atomic E-state index is -1.55. The highest BCUT2D eigenvalue weighted by atomic mass is 28.3. The minimum absolute atomic E-state index is 0.113. The molecule has 0 spiro atoms. The first-order valence-corrected chi connectivity index (χ1v) is 8.25. The second-order valence-corrected chi connectivity index (χ2v) is 9.75. The summed E-state index contributed by atoms with van der Waals surface area (Å²) in [5, 5.41) is 0. The standard InChI is InChI=1S/C9H19NO2Si/c1-7(2)8-6-12-9(11)10(8)13(3,4)5/h7-8H,6H2,1-5H3/t8-/m1/s1. The van der Waals surface area contributed by atoms with Crippen molar-refractivity contribution in [1.29, 1.82) is 0 Å². The van der Waals surface area contributed by atoms with Gasteiger partial charge in [0.1, 0.15) is 6.61 Å². The van der Waals surface area contributed by atoms with Gasteiger partial charge in [0, 0.05) is 0 Å². The lowest BCUT2D eigenvalue weighted by Gasteiger charge is -2.34. The third kappa shape index (κ3) is 2.04. The molecule has 1 aliphatic heterocycles. The van der Waals surface area contributed by atoms with Gasteiger partial charge in [0.05, 0.1) is 6.04 Å². The summed E-state index contributed by atoms with van der Waals surface area (Å²) in [5.41, 5.74) is 0. The molecule has 0 aromatic rings. The molecule has 0 aliphatic carbocycles. The first-order chi connectivity index (χ1) is 5.84. The predicted molar refractivity (Wildman–Crippen MR) is 55.2 cm³/mol. The van der Waals surface area contributed by atoms with E-state index in [-0.39, 0.29) is 6.09 Å². The molecule has 1 atom stereocenters. The molecule has 0 aromatic carbocycles. The van der Waals surface area contributed by atoms with E-state index < -0.39 is 8.24 Å². The molecular formula is C9H19NO2Si. The summed E-state index contributed by atoms with van der Waals surface area (Å²) in [4.78, 5) is 11.5. The largest absolute Gasteiger partial charge is 0.448 e. The van der Waals surface area contributed by atoms with Crippen molar-refractivity contribution >= 4 is 14.3 Å². The van der Waals surface area contributed by atoms with E-state index in [2.05, 4.69) is 33.5 Å². The van der Waals surface area contributed by atoms with Gasteiger partial charge < -0.3 is 9.30 Å². The van der Waals surface area contributed by atoms with Crippen LogP contribution in [-0.2, 0) is 4.74 Å². The van der Waals surface area contributed by atoms with Gasteiger partial charge in [-0.3, -0.25) is 0 Å². The molecular weight excluding hydrogens is 182 g/mol. The van der Waals surface area contributed by atoms with Crippen LogP contribution in [0.2, 0.25) is 19.6 Å². The van der Waals surface area contributed by atoms with Crippen LogP contribution in [0.1, 0.15) is 13.8 Å². The fourth-order valence-corrected chi connectivity index (χ4v) is 3.68. The average molecular weight is 201 g/mol. The first-order valence-electron chi connectivity index (χ1n) is 4.80. The maximum absolute atomic E-state index is 11.5. The van der Waals surface area contributed by atoms with Gasteiger partial charge in [-0.1, -0.05) is 33.5 Å². The van der Waals surface area contributed by atoms with Gasteiger partial charge in [0.25, 0.3) is 0 Å². The van der Waals surface area contributed by atoms with E-state index in [0.717, 1.165) is 0 Å². The molecule has 1 saturated heterocycles. The van der Waals surface area contributed by atoms with Gasteiger partial charge in [-0.15, -0.1) is 0 Å². The maximum atomic E-state index is 11.5. The molecule has 1 fully saturated rings. The molecule has 1 amide bonds. The molecule has 0 bridgehead atoms. The molecule has 1 heterocycles. The number of nitrogens with zero attached hydrogens (tertiary/aromatic N) is 1. The first kappa shape index (κ1) is 10.6. The zero-order valence-electron chi connectivity index (χ0n) is 9.13. The highest BCUT2D eigenvalue weighted by Gasteiger charge is 2.42. The zero-order valence-corrected chi connectivity index (χ0v) is 10.1. The Morgan fingerprint density at radius 1 is 1.46 bits per heavy atom. The third-order valence-electron chi connectivity index (χ3n) is 2.40. The van der Waals surface area contributed by atoms with Crippen molar-refractivity contribution in [3.8, 4) is 0 Å². The SMILES string of the molecule is CC(C)[C@H]1COC(=O)N1[Si](C)(C)C. The topological polar surface area (TPSA) is 29.5 Å². The fraction of sp³-hybridized carbons (Fsp3) is 0.889. The molecule has 0 radical (unpaired) electrons. The van der Waals surface area contributed by atoms with Gasteiger partial charge in [-0.25, -0.2) is 4.79 Å². The van der Waals surface area contributed by atoms with E-state index in [1.807, 2.05) is 4.57 Å². The Morgan fingerprint density at radius 3 is 2.31 bits per heavy atom. The van der Waals surface area contributed by atoms with E-state index in [1.165, 1.54) is 0 Å². The summed E-state index contributed by atoms with van der Waals surface area (Å²) in [7, 11) is -1.55.